The Hall–Kier alpha value is -1.84. The van der Waals surface area contributed by atoms with Crippen molar-refractivity contribution in [3.05, 3.63) is 35.4 Å². The van der Waals surface area contributed by atoms with Crippen molar-refractivity contribution in [2.75, 3.05) is 0 Å². The molecule has 0 heterocycles. The summed E-state index contributed by atoms with van der Waals surface area (Å²) < 4.78 is 0. The summed E-state index contributed by atoms with van der Waals surface area (Å²) in [6.45, 7) is 0. The molecule has 4 nitrogen and oxygen atoms in total. The Bertz CT molecular complexity index is 438. The van der Waals surface area contributed by atoms with E-state index in [0.29, 0.717) is 24.4 Å². The topological polar surface area (TPSA) is 66.4 Å². The first kappa shape index (κ1) is 11.6. The van der Waals surface area contributed by atoms with Crippen LogP contribution in [0.1, 0.15) is 35.2 Å². The first-order valence-corrected chi connectivity index (χ1v) is 5.77. The fraction of sp³-hybridized carbons (Fsp3) is 0.385. The Morgan fingerprint density at radius 3 is 2.65 bits per heavy atom. The number of hydrogen-bond acceptors (Lipinski definition) is 2. The van der Waals surface area contributed by atoms with Crippen molar-refractivity contribution in [1.29, 1.82) is 0 Å². The average Bonchev–Trinajstić information content (AvgIpc) is 3.10. The zero-order chi connectivity index (χ0) is 12.3. The van der Waals surface area contributed by atoms with Crippen molar-refractivity contribution >= 4 is 11.9 Å². The number of hydrogen-bond donors (Lipinski definition) is 2. The van der Waals surface area contributed by atoms with E-state index in [4.69, 9.17) is 5.11 Å². The first-order valence-electron chi connectivity index (χ1n) is 5.77. The lowest BCUT2D eigenvalue weighted by atomic mass is 10.0. The lowest BCUT2D eigenvalue weighted by molar-refractivity contribution is -0.121. The van der Waals surface area contributed by atoms with E-state index < -0.39 is 5.97 Å². The standard InChI is InChI=1S/C13H15NO3/c15-12(14-10-6-7-10)8-5-9-3-1-2-4-11(9)13(16)17/h1-4,10H,5-8H2,(H,14,15)(H,16,17). The van der Waals surface area contributed by atoms with Crippen molar-refractivity contribution in [1.82, 2.24) is 5.32 Å². The van der Waals surface area contributed by atoms with Gasteiger partial charge in [0.25, 0.3) is 0 Å². The van der Waals surface area contributed by atoms with Gasteiger partial charge in [0.05, 0.1) is 5.56 Å². The number of nitrogens with one attached hydrogen (secondary N) is 1. The van der Waals surface area contributed by atoms with Crippen molar-refractivity contribution in [3.63, 3.8) is 0 Å². The van der Waals surface area contributed by atoms with Crippen LogP contribution in [0.3, 0.4) is 0 Å². The number of carbonyl (C=O) groups is 2. The average molecular weight is 233 g/mol. The van der Waals surface area contributed by atoms with E-state index in [9.17, 15) is 9.59 Å². The van der Waals surface area contributed by atoms with Gasteiger partial charge in [0.15, 0.2) is 0 Å². The summed E-state index contributed by atoms with van der Waals surface area (Å²) in [5.74, 6) is -0.934. The van der Waals surface area contributed by atoms with Crippen LogP contribution in [-0.4, -0.2) is 23.0 Å². The van der Waals surface area contributed by atoms with Gasteiger partial charge in [-0.05, 0) is 30.9 Å². The fourth-order valence-corrected chi connectivity index (χ4v) is 1.72. The van der Waals surface area contributed by atoms with E-state index in [-0.39, 0.29) is 11.5 Å². The maximum Gasteiger partial charge on any atom is 0.335 e. The highest BCUT2D eigenvalue weighted by atomic mass is 16.4. The molecule has 0 radical (unpaired) electrons. The lowest BCUT2D eigenvalue weighted by Crippen LogP contribution is -2.25. The van der Waals surface area contributed by atoms with Gasteiger partial charge >= 0.3 is 5.97 Å². The fourth-order valence-electron chi connectivity index (χ4n) is 1.72. The van der Waals surface area contributed by atoms with E-state index >= 15 is 0 Å². The van der Waals surface area contributed by atoms with Crippen LogP contribution < -0.4 is 5.32 Å². The molecular formula is C13H15NO3. The largest absolute Gasteiger partial charge is 0.478 e. The Kier molecular flexibility index (Phi) is 3.42. The molecule has 2 rings (SSSR count). The molecule has 0 aliphatic heterocycles. The van der Waals surface area contributed by atoms with Gasteiger partial charge in [0.2, 0.25) is 5.91 Å². The highest BCUT2D eigenvalue weighted by molar-refractivity contribution is 5.89. The van der Waals surface area contributed by atoms with E-state index in [1.165, 1.54) is 0 Å². The van der Waals surface area contributed by atoms with Crippen molar-refractivity contribution < 1.29 is 14.7 Å². The number of benzene rings is 1. The number of amides is 1. The summed E-state index contributed by atoms with van der Waals surface area (Å²) >= 11 is 0. The van der Waals surface area contributed by atoms with E-state index in [0.717, 1.165) is 12.8 Å². The Labute approximate surface area is 99.6 Å². The summed E-state index contributed by atoms with van der Waals surface area (Å²) in [6, 6.07) is 7.17. The smallest absolute Gasteiger partial charge is 0.335 e. The van der Waals surface area contributed by atoms with E-state index in [2.05, 4.69) is 5.32 Å². The molecule has 0 spiro atoms. The van der Waals surface area contributed by atoms with Crippen LogP contribution in [-0.2, 0) is 11.2 Å². The summed E-state index contributed by atoms with van der Waals surface area (Å²) in [6.07, 6.45) is 2.96. The number of carbonyl (C=O) groups excluding carboxylic acids is 1. The summed E-state index contributed by atoms with van der Waals surface area (Å²) in [4.78, 5) is 22.4. The summed E-state index contributed by atoms with van der Waals surface area (Å²) in [7, 11) is 0. The molecule has 0 saturated heterocycles. The second kappa shape index (κ2) is 4.99. The third-order valence-electron chi connectivity index (χ3n) is 2.81. The number of aromatic carboxylic acids is 1. The van der Waals surface area contributed by atoms with Crippen molar-refractivity contribution in [2.45, 2.75) is 31.7 Å². The molecule has 1 fully saturated rings. The minimum absolute atomic E-state index is 0.00712. The van der Waals surface area contributed by atoms with Gasteiger partial charge < -0.3 is 10.4 Å². The minimum atomic E-state index is -0.941. The highest BCUT2D eigenvalue weighted by Gasteiger charge is 2.23. The predicted molar refractivity (Wildman–Crippen MR) is 62.9 cm³/mol. The Balaban J connectivity index is 1.93. The van der Waals surface area contributed by atoms with Crippen LogP contribution in [0.2, 0.25) is 0 Å². The minimum Gasteiger partial charge on any atom is -0.478 e. The van der Waals surface area contributed by atoms with Gasteiger partial charge in [0.1, 0.15) is 0 Å². The molecule has 4 heteroatoms. The molecular weight excluding hydrogens is 218 g/mol. The molecule has 1 amide bonds. The van der Waals surface area contributed by atoms with Crippen LogP contribution in [0.4, 0.5) is 0 Å². The van der Waals surface area contributed by atoms with Crippen LogP contribution in [0.15, 0.2) is 24.3 Å². The van der Waals surface area contributed by atoms with Gasteiger partial charge in [-0.15, -0.1) is 0 Å². The maximum absolute atomic E-state index is 11.5. The van der Waals surface area contributed by atoms with Crippen LogP contribution in [0.25, 0.3) is 0 Å². The zero-order valence-corrected chi connectivity index (χ0v) is 9.48. The quantitative estimate of drug-likeness (QED) is 0.811. The molecule has 1 aliphatic carbocycles. The number of aryl methyl sites for hydroxylation is 1. The summed E-state index contributed by atoms with van der Waals surface area (Å²) in [5, 5.41) is 11.9. The Morgan fingerprint density at radius 2 is 2.00 bits per heavy atom. The van der Waals surface area contributed by atoms with E-state index in [1.807, 2.05) is 0 Å². The molecule has 90 valence electrons. The molecule has 1 aromatic carbocycles. The number of rotatable bonds is 5. The van der Waals surface area contributed by atoms with Gasteiger partial charge in [-0.2, -0.15) is 0 Å². The third-order valence-corrected chi connectivity index (χ3v) is 2.81. The highest BCUT2D eigenvalue weighted by Crippen LogP contribution is 2.19. The molecule has 0 unspecified atom stereocenters. The second-order valence-electron chi connectivity index (χ2n) is 4.30. The van der Waals surface area contributed by atoms with Crippen LogP contribution >= 0.6 is 0 Å². The van der Waals surface area contributed by atoms with Gasteiger partial charge in [-0.3, -0.25) is 4.79 Å². The molecule has 17 heavy (non-hydrogen) atoms. The Morgan fingerprint density at radius 1 is 1.29 bits per heavy atom. The van der Waals surface area contributed by atoms with Crippen LogP contribution in [0.5, 0.6) is 0 Å². The monoisotopic (exact) mass is 233 g/mol. The summed E-state index contributed by atoms with van der Waals surface area (Å²) in [5.41, 5.74) is 0.998. The SMILES string of the molecule is O=C(CCc1ccccc1C(=O)O)NC1CC1. The van der Waals surface area contributed by atoms with Crippen molar-refractivity contribution in [3.8, 4) is 0 Å². The molecule has 1 saturated carbocycles. The molecule has 0 atom stereocenters. The molecule has 1 aliphatic rings. The lowest BCUT2D eigenvalue weighted by Gasteiger charge is -2.06. The van der Waals surface area contributed by atoms with Crippen LogP contribution in [0, 0.1) is 0 Å². The maximum atomic E-state index is 11.5. The molecule has 2 N–H and O–H groups in total. The zero-order valence-electron chi connectivity index (χ0n) is 9.48. The second-order valence-corrected chi connectivity index (χ2v) is 4.30. The van der Waals surface area contributed by atoms with Gasteiger partial charge in [0, 0.05) is 12.5 Å². The number of carboxylic acids is 1. The molecule has 0 aromatic heterocycles. The number of carboxylic acid groups (broad SMARTS) is 1. The van der Waals surface area contributed by atoms with Gasteiger partial charge in [-0.1, -0.05) is 18.2 Å². The normalized spacial score (nSPS) is 14.4. The van der Waals surface area contributed by atoms with Crippen molar-refractivity contribution in [2.24, 2.45) is 0 Å². The van der Waals surface area contributed by atoms with Gasteiger partial charge in [-0.25, -0.2) is 4.79 Å². The predicted octanol–water partition coefficient (Wildman–Crippen LogP) is 1.60. The molecule has 0 bridgehead atoms. The first-order chi connectivity index (χ1) is 8.16. The van der Waals surface area contributed by atoms with E-state index in [1.54, 1.807) is 24.3 Å². The third kappa shape index (κ3) is 3.31. The molecule has 1 aromatic rings.